The predicted molar refractivity (Wildman–Crippen MR) is 72.8 cm³/mol. The number of hydrogen-bond donors (Lipinski definition) is 1. The van der Waals surface area contributed by atoms with Crippen LogP contribution in [-0.2, 0) is 4.79 Å². The lowest BCUT2D eigenvalue weighted by atomic mass is 10.0. The summed E-state index contributed by atoms with van der Waals surface area (Å²) in [5.41, 5.74) is 1.43. The van der Waals surface area contributed by atoms with E-state index in [9.17, 15) is 4.79 Å². The van der Waals surface area contributed by atoms with Crippen LogP contribution in [0.15, 0.2) is 12.2 Å². The number of carbonyl (C=O) groups is 1. The van der Waals surface area contributed by atoms with Crippen molar-refractivity contribution < 1.29 is 4.79 Å². The topological polar surface area (TPSA) is 29.1 Å². The summed E-state index contributed by atoms with van der Waals surface area (Å²) in [6.45, 7) is 8.23. The van der Waals surface area contributed by atoms with E-state index in [-0.39, 0.29) is 5.91 Å². The minimum atomic E-state index is 0.185. The quantitative estimate of drug-likeness (QED) is 0.607. The monoisotopic (exact) mass is 237 g/mol. The molecule has 1 aliphatic carbocycles. The highest BCUT2D eigenvalue weighted by Gasteiger charge is 2.23. The largest absolute Gasteiger partial charge is 0.353 e. The Morgan fingerprint density at radius 2 is 2.06 bits per heavy atom. The van der Waals surface area contributed by atoms with Gasteiger partial charge in [0.25, 0.3) is 0 Å². The first-order valence-electron chi connectivity index (χ1n) is 7.14. The summed E-state index contributed by atoms with van der Waals surface area (Å²) >= 11 is 0. The van der Waals surface area contributed by atoms with Crippen LogP contribution in [-0.4, -0.2) is 11.9 Å². The first kappa shape index (κ1) is 14.3. The molecule has 1 N–H and O–H groups in total. The van der Waals surface area contributed by atoms with E-state index in [1.54, 1.807) is 0 Å². The molecule has 0 aliphatic heterocycles. The predicted octanol–water partition coefficient (Wildman–Crippen LogP) is 3.82. The smallest absolute Gasteiger partial charge is 0.219 e. The highest BCUT2D eigenvalue weighted by molar-refractivity contribution is 5.75. The van der Waals surface area contributed by atoms with Gasteiger partial charge in [0.05, 0.1) is 0 Å². The summed E-state index contributed by atoms with van der Waals surface area (Å²) < 4.78 is 0. The van der Waals surface area contributed by atoms with Gasteiger partial charge in [-0.2, -0.15) is 0 Å². The molecule has 1 atom stereocenters. The SMILES string of the molecule is C=C(CCCC(CCC)NC(=O)CC)C1CC1. The van der Waals surface area contributed by atoms with Gasteiger partial charge >= 0.3 is 0 Å². The van der Waals surface area contributed by atoms with Crippen LogP contribution in [0.25, 0.3) is 0 Å². The van der Waals surface area contributed by atoms with Crippen LogP contribution < -0.4 is 5.32 Å². The maximum atomic E-state index is 11.4. The molecule has 1 rings (SSSR count). The normalized spacial score (nSPS) is 16.6. The Morgan fingerprint density at radius 3 is 2.59 bits per heavy atom. The highest BCUT2D eigenvalue weighted by Crippen LogP contribution is 2.37. The average molecular weight is 237 g/mol. The second-order valence-corrected chi connectivity index (χ2v) is 5.23. The van der Waals surface area contributed by atoms with Gasteiger partial charge < -0.3 is 5.32 Å². The van der Waals surface area contributed by atoms with Crippen molar-refractivity contribution in [3.05, 3.63) is 12.2 Å². The molecule has 2 nitrogen and oxygen atoms in total. The summed E-state index contributed by atoms with van der Waals surface area (Å²) in [6.07, 6.45) is 8.95. The maximum absolute atomic E-state index is 11.4. The van der Waals surface area contributed by atoms with Gasteiger partial charge in [-0.3, -0.25) is 4.79 Å². The van der Waals surface area contributed by atoms with Crippen LogP contribution in [0, 0.1) is 5.92 Å². The van der Waals surface area contributed by atoms with Crippen molar-refractivity contribution >= 4 is 5.91 Å². The highest BCUT2D eigenvalue weighted by atomic mass is 16.1. The van der Waals surface area contributed by atoms with Gasteiger partial charge in [-0.1, -0.05) is 32.4 Å². The fourth-order valence-electron chi connectivity index (χ4n) is 2.24. The van der Waals surface area contributed by atoms with Crippen molar-refractivity contribution in [2.45, 2.75) is 71.3 Å². The zero-order valence-electron chi connectivity index (χ0n) is 11.4. The Balaban J connectivity index is 2.18. The van der Waals surface area contributed by atoms with Gasteiger partial charge in [0.2, 0.25) is 5.91 Å². The molecular weight excluding hydrogens is 210 g/mol. The Morgan fingerprint density at radius 1 is 1.35 bits per heavy atom. The van der Waals surface area contributed by atoms with Crippen LogP contribution in [0.3, 0.4) is 0 Å². The van der Waals surface area contributed by atoms with Crippen molar-refractivity contribution in [1.29, 1.82) is 0 Å². The van der Waals surface area contributed by atoms with Gasteiger partial charge in [-0.05, 0) is 44.4 Å². The standard InChI is InChI=1S/C15H27NO/c1-4-7-14(16-15(17)5-2)9-6-8-12(3)13-10-11-13/h13-14H,3-11H2,1-2H3,(H,16,17). The van der Waals surface area contributed by atoms with E-state index < -0.39 is 0 Å². The molecule has 0 aromatic rings. The van der Waals surface area contributed by atoms with Crippen molar-refractivity contribution in [2.75, 3.05) is 0 Å². The summed E-state index contributed by atoms with van der Waals surface area (Å²) in [4.78, 5) is 11.4. The molecule has 1 unspecified atom stereocenters. The van der Waals surface area contributed by atoms with Crippen LogP contribution in [0.1, 0.15) is 65.2 Å². The molecule has 0 saturated heterocycles. The summed E-state index contributed by atoms with van der Waals surface area (Å²) in [5.74, 6) is 1.01. The Bertz CT molecular complexity index is 256. The van der Waals surface area contributed by atoms with Crippen molar-refractivity contribution in [3.63, 3.8) is 0 Å². The molecule has 0 spiro atoms. The number of carbonyl (C=O) groups excluding carboxylic acids is 1. The average Bonchev–Trinajstić information content (AvgIpc) is 3.12. The maximum Gasteiger partial charge on any atom is 0.219 e. The molecule has 0 aromatic heterocycles. The zero-order chi connectivity index (χ0) is 12.7. The van der Waals surface area contributed by atoms with Gasteiger partial charge in [0, 0.05) is 12.5 Å². The van der Waals surface area contributed by atoms with E-state index in [4.69, 9.17) is 0 Å². The van der Waals surface area contributed by atoms with Crippen LogP contribution in [0.5, 0.6) is 0 Å². The second kappa shape index (κ2) is 7.52. The number of allylic oxidation sites excluding steroid dienone is 1. The third-order valence-corrected chi connectivity index (χ3v) is 3.53. The van der Waals surface area contributed by atoms with E-state index in [1.807, 2.05) is 6.92 Å². The van der Waals surface area contributed by atoms with Crippen molar-refractivity contribution in [2.24, 2.45) is 5.92 Å². The number of hydrogen-bond acceptors (Lipinski definition) is 1. The van der Waals surface area contributed by atoms with E-state index in [0.29, 0.717) is 12.5 Å². The molecule has 98 valence electrons. The van der Waals surface area contributed by atoms with Crippen LogP contribution in [0.2, 0.25) is 0 Å². The fourth-order valence-corrected chi connectivity index (χ4v) is 2.24. The zero-order valence-corrected chi connectivity index (χ0v) is 11.4. The second-order valence-electron chi connectivity index (χ2n) is 5.23. The van der Waals surface area contributed by atoms with Gasteiger partial charge in [-0.15, -0.1) is 0 Å². The van der Waals surface area contributed by atoms with Gasteiger partial charge in [0.1, 0.15) is 0 Å². The first-order valence-corrected chi connectivity index (χ1v) is 7.14. The Labute approximate surface area is 106 Å². The van der Waals surface area contributed by atoms with E-state index in [2.05, 4.69) is 18.8 Å². The minimum Gasteiger partial charge on any atom is -0.353 e. The van der Waals surface area contributed by atoms with Crippen LogP contribution >= 0.6 is 0 Å². The molecule has 0 radical (unpaired) electrons. The number of amides is 1. The summed E-state index contributed by atoms with van der Waals surface area (Å²) in [7, 11) is 0. The molecule has 1 aliphatic rings. The molecule has 1 fully saturated rings. The van der Waals surface area contributed by atoms with Crippen LogP contribution in [0.4, 0.5) is 0 Å². The number of rotatable bonds is 9. The minimum absolute atomic E-state index is 0.185. The molecule has 0 aromatic carbocycles. The first-order chi connectivity index (χ1) is 8.17. The Kier molecular flexibility index (Phi) is 6.31. The third kappa shape index (κ3) is 5.90. The van der Waals surface area contributed by atoms with Crippen molar-refractivity contribution in [3.8, 4) is 0 Å². The molecule has 0 bridgehead atoms. The van der Waals surface area contributed by atoms with Gasteiger partial charge in [0.15, 0.2) is 0 Å². The van der Waals surface area contributed by atoms with E-state index in [0.717, 1.165) is 31.6 Å². The molecule has 1 saturated carbocycles. The molecule has 0 heterocycles. The third-order valence-electron chi connectivity index (χ3n) is 3.53. The molecule has 1 amide bonds. The molecule has 2 heteroatoms. The molecular formula is C15H27NO. The lowest BCUT2D eigenvalue weighted by molar-refractivity contribution is -0.121. The van der Waals surface area contributed by atoms with Crippen molar-refractivity contribution in [1.82, 2.24) is 5.32 Å². The lowest BCUT2D eigenvalue weighted by Crippen LogP contribution is -2.34. The Hall–Kier alpha value is -0.790. The summed E-state index contributed by atoms with van der Waals surface area (Å²) in [5, 5.41) is 3.12. The fraction of sp³-hybridized carbons (Fsp3) is 0.800. The molecule has 17 heavy (non-hydrogen) atoms. The van der Waals surface area contributed by atoms with E-state index >= 15 is 0 Å². The van der Waals surface area contributed by atoms with Gasteiger partial charge in [-0.25, -0.2) is 0 Å². The number of nitrogens with one attached hydrogen (secondary N) is 1. The van der Waals surface area contributed by atoms with E-state index in [1.165, 1.54) is 24.8 Å². The summed E-state index contributed by atoms with van der Waals surface area (Å²) in [6, 6.07) is 0.374. The lowest BCUT2D eigenvalue weighted by Gasteiger charge is -2.18.